The highest BCUT2D eigenvalue weighted by molar-refractivity contribution is 6.03. The highest BCUT2D eigenvalue weighted by Gasteiger charge is 2.60. The van der Waals surface area contributed by atoms with Crippen molar-refractivity contribution in [2.24, 2.45) is 11.3 Å². The summed E-state index contributed by atoms with van der Waals surface area (Å²) in [4.78, 5) is 34.2. The molecule has 3 aromatic heterocycles. The highest BCUT2D eigenvalue weighted by Crippen LogP contribution is 2.56. The topological polar surface area (TPSA) is 117 Å². The van der Waals surface area contributed by atoms with Crippen LogP contribution >= 0.6 is 0 Å². The van der Waals surface area contributed by atoms with Gasteiger partial charge in [-0.2, -0.15) is 10.1 Å². The van der Waals surface area contributed by atoms with Crippen LogP contribution in [0.1, 0.15) is 59.0 Å². The lowest BCUT2D eigenvalue weighted by molar-refractivity contribution is -0.161. The average Bonchev–Trinajstić information content (AvgIpc) is 3.31. The van der Waals surface area contributed by atoms with Crippen LogP contribution in [0.5, 0.6) is 0 Å². The molecule has 2 saturated carbocycles. The van der Waals surface area contributed by atoms with Gasteiger partial charge in [0.25, 0.3) is 0 Å². The molecule has 8 rings (SSSR count). The number of hydrogen-bond donors (Lipinski definition) is 1. The monoisotopic (exact) mass is 634 g/mol. The van der Waals surface area contributed by atoms with E-state index in [1.165, 1.54) is 0 Å². The molecular weight excluding hydrogens is 601 g/mol. The highest BCUT2D eigenvalue weighted by atomic mass is 19.3. The molecule has 0 unspecified atom stereocenters. The van der Waals surface area contributed by atoms with Gasteiger partial charge in [-0.3, -0.25) is 9.59 Å². The minimum atomic E-state index is -2.51. The molecule has 4 aliphatic rings. The quantitative estimate of drug-likeness (QED) is 0.270. The first-order valence-electron chi connectivity index (χ1n) is 15.6. The maximum Gasteiger partial charge on any atom is 0.241 e. The first-order valence-corrected chi connectivity index (χ1v) is 15.6. The molecule has 46 heavy (non-hydrogen) atoms. The lowest BCUT2D eigenvalue weighted by Gasteiger charge is -2.63. The van der Waals surface area contributed by atoms with Crippen LogP contribution in [0.25, 0.3) is 16.9 Å². The summed E-state index contributed by atoms with van der Waals surface area (Å²) >= 11 is 0. The van der Waals surface area contributed by atoms with Gasteiger partial charge in [-0.1, -0.05) is 17.3 Å². The van der Waals surface area contributed by atoms with Crippen molar-refractivity contribution in [1.82, 2.24) is 24.7 Å². The molecule has 2 saturated heterocycles. The van der Waals surface area contributed by atoms with E-state index in [9.17, 15) is 27.9 Å². The molecule has 0 radical (unpaired) electrons. The average molecular weight is 635 g/mol. The predicted octanol–water partition coefficient (Wildman–Crippen LogP) is 4.39. The van der Waals surface area contributed by atoms with Gasteiger partial charge in [-0.05, 0) is 55.5 Å². The number of aliphatic hydroxyl groups is 1. The van der Waals surface area contributed by atoms with Gasteiger partial charge in [0.05, 0.1) is 34.7 Å². The molecule has 1 N–H and O–H groups in total. The van der Waals surface area contributed by atoms with Crippen LogP contribution in [-0.4, -0.2) is 85.8 Å². The zero-order valence-electron chi connectivity index (χ0n) is 25.2. The number of aromatic nitrogens is 4. The second kappa shape index (κ2) is 10.4. The number of halogens is 3. The number of ketones is 1. The van der Waals surface area contributed by atoms with Crippen LogP contribution < -0.4 is 4.90 Å². The molecule has 5 heterocycles. The number of aryl methyl sites for hydroxylation is 1. The molecule has 4 aromatic rings. The number of fused-ring (bicyclic) bond motifs is 1. The Morgan fingerprint density at radius 1 is 1.15 bits per heavy atom. The fourth-order valence-corrected chi connectivity index (χ4v) is 7.58. The third-order valence-electron chi connectivity index (χ3n) is 10.1. The smallest absolute Gasteiger partial charge is 0.241 e. The number of hydrogen-bond acceptors (Lipinski definition) is 8. The van der Waals surface area contributed by atoms with Crippen LogP contribution in [0.4, 0.5) is 18.9 Å². The maximum atomic E-state index is 13.6. The van der Waals surface area contributed by atoms with E-state index in [0.717, 1.165) is 16.8 Å². The van der Waals surface area contributed by atoms with Crippen LogP contribution in [0, 0.1) is 18.3 Å². The van der Waals surface area contributed by atoms with Crippen LogP contribution in [-0.2, 0) is 11.2 Å². The Balaban J connectivity index is 0.932. The molecule has 13 heteroatoms. The van der Waals surface area contributed by atoms with Gasteiger partial charge in [0.2, 0.25) is 24.0 Å². The molecule has 1 spiro atoms. The molecule has 10 nitrogen and oxygen atoms in total. The zero-order chi connectivity index (χ0) is 32.0. The molecule has 1 amide bonds. The Labute approximate surface area is 262 Å². The summed E-state index contributed by atoms with van der Waals surface area (Å²) in [5.41, 5.74) is 3.16. The third-order valence-corrected chi connectivity index (χ3v) is 10.1. The van der Waals surface area contributed by atoms with Crippen molar-refractivity contribution >= 4 is 22.9 Å². The second-order valence-electron chi connectivity index (χ2n) is 13.8. The van der Waals surface area contributed by atoms with E-state index in [1.807, 2.05) is 37.3 Å². The normalized spacial score (nSPS) is 23.0. The minimum Gasteiger partial charge on any atom is -0.390 e. The van der Waals surface area contributed by atoms with E-state index < -0.39 is 30.5 Å². The lowest BCUT2D eigenvalue weighted by Crippen LogP contribution is -2.68. The van der Waals surface area contributed by atoms with E-state index >= 15 is 0 Å². The number of carbonyl (C=O) groups is 2. The Morgan fingerprint density at radius 3 is 2.63 bits per heavy atom. The van der Waals surface area contributed by atoms with Gasteiger partial charge in [0, 0.05) is 61.9 Å². The molecule has 4 fully saturated rings. The van der Waals surface area contributed by atoms with E-state index in [4.69, 9.17) is 4.52 Å². The van der Waals surface area contributed by atoms with Gasteiger partial charge in [-0.15, -0.1) is 0 Å². The number of Topliss-reactive ketones (excluding diaryl/α,β-unsaturated/α-hetero) is 1. The Bertz CT molecular complexity index is 1850. The third kappa shape index (κ3) is 5.04. The predicted molar refractivity (Wildman–Crippen MR) is 159 cm³/mol. The molecular formula is C33H33F3N6O4. The molecule has 1 aromatic carbocycles. The van der Waals surface area contributed by atoms with Crippen molar-refractivity contribution in [3.05, 3.63) is 65.3 Å². The summed E-state index contributed by atoms with van der Waals surface area (Å²) in [7, 11) is 0. The number of anilines is 1. The fraction of sp³-hybridized carbons (Fsp3) is 0.485. The van der Waals surface area contributed by atoms with Gasteiger partial charge in [0.1, 0.15) is 6.17 Å². The van der Waals surface area contributed by atoms with Gasteiger partial charge in [0.15, 0.2) is 5.78 Å². The number of alkyl halides is 3. The van der Waals surface area contributed by atoms with E-state index in [-0.39, 0.29) is 29.4 Å². The standard InChI is InChI=1S/C33H33F3N6O4/c1-18-2-3-19(29-38-30(46-39-29)21-12-40(13-21)31(44)23-9-25(23)34)6-20(18)7-27(43)24-11-37-42-5-4-22(8-26(24)42)41-16-32(17-41)14-33(45,15-32)10-28(35)36/h2-6,8,11,21,23,25,28,45H,7,9-10,12-17H2,1H3/t23-,25-/m0/s1. The summed E-state index contributed by atoms with van der Waals surface area (Å²) < 4.78 is 46.0. The molecule has 2 atom stereocenters. The number of benzene rings is 1. The van der Waals surface area contributed by atoms with Crippen molar-refractivity contribution in [1.29, 1.82) is 0 Å². The first kappa shape index (κ1) is 29.2. The number of rotatable bonds is 9. The molecule has 240 valence electrons. The molecule has 2 aliphatic heterocycles. The lowest BCUT2D eigenvalue weighted by atomic mass is 9.54. The van der Waals surface area contributed by atoms with Gasteiger partial charge in [-0.25, -0.2) is 17.7 Å². The number of nitrogens with zero attached hydrogens (tertiary/aromatic N) is 6. The van der Waals surface area contributed by atoms with Crippen molar-refractivity contribution < 1.29 is 32.4 Å². The Morgan fingerprint density at radius 2 is 1.91 bits per heavy atom. The van der Waals surface area contributed by atoms with Crippen LogP contribution in [0.2, 0.25) is 0 Å². The number of pyridine rings is 1. The first-order chi connectivity index (χ1) is 22.0. The van der Waals surface area contributed by atoms with E-state index in [0.29, 0.717) is 73.8 Å². The molecule has 2 aliphatic carbocycles. The molecule has 0 bridgehead atoms. The fourth-order valence-electron chi connectivity index (χ4n) is 7.58. The van der Waals surface area contributed by atoms with Crippen molar-refractivity contribution in [3.8, 4) is 11.4 Å². The van der Waals surface area contributed by atoms with Crippen molar-refractivity contribution in [2.75, 3.05) is 31.1 Å². The number of amides is 1. The zero-order valence-corrected chi connectivity index (χ0v) is 25.2. The van der Waals surface area contributed by atoms with E-state index in [1.54, 1.807) is 21.8 Å². The summed E-state index contributed by atoms with van der Waals surface area (Å²) in [6.07, 6.45) is 0.578. The summed E-state index contributed by atoms with van der Waals surface area (Å²) in [6.45, 7) is 4.15. The number of carbonyl (C=O) groups excluding carboxylic acids is 2. The number of likely N-dealkylation sites (tertiary alicyclic amines) is 1. The SMILES string of the molecule is Cc1ccc(-c2noc(C3CN(C(=O)[C@H]4C[C@@H]4F)C3)n2)cc1CC(=O)c1cnn2ccc(N3CC4(C3)CC(O)(CC(F)F)C4)cc12. The Kier molecular flexibility index (Phi) is 6.58. The van der Waals surface area contributed by atoms with Gasteiger partial charge >= 0.3 is 0 Å². The largest absolute Gasteiger partial charge is 0.390 e. The van der Waals surface area contributed by atoms with Crippen molar-refractivity contribution in [2.45, 2.75) is 63.1 Å². The second-order valence-corrected chi connectivity index (χ2v) is 13.8. The Hall–Kier alpha value is -4.26. The summed E-state index contributed by atoms with van der Waals surface area (Å²) in [5.74, 6) is 0.00164. The van der Waals surface area contributed by atoms with Crippen molar-refractivity contribution in [3.63, 3.8) is 0 Å². The van der Waals surface area contributed by atoms with Crippen LogP contribution in [0.15, 0.2) is 47.2 Å². The minimum absolute atomic E-state index is 0.0849. The summed E-state index contributed by atoms with van der Waals surface area (Å²) in [5, 5.41) is 18.9. The summed E-state index contributed by atoms with van der Waals surface area (Å²) in [6, 6.07) is 9.52. The van der Waals surface area contributed by atoms with Crippen LogP contribution in [0.3, 0.4) is 0 Å². The maximum absolute atomic E-state index is 13.6. The van der Waals surface area contributed by atoms with E-state index in [2.05, 4.69) is 20.1 Å². The van der Waals surface area contributed by atoms with Gasteiger partial charge < -0.3 is 19.4 Å².